The van der Waals surface area contributed by atoms with Gasteiger partial charge < -0.3 is 14.8 Å². The molecule has 3 heterocycles. The topological polar surface area (TPSA) is 30.5 Å². The first kappa shape index (κ1) is 10.7. The number of thiophene rings is 1. The van der Waals surface area contributed by atoms with Gasteiger partial charge >= 0.3 is 0 Å². The van der Waals surface area contributed by atoms with Crippen LogP contribution in [-0.2, 0) is 9.47 Å². The second-order valence-electron chi connectivity index (χ2n) is 4.59. The minimum Gasteiger partial charge on any atom is -0.378 e. The van der Waals surface area contributed by atoms with Crippen LogP contribution in [-0.4, -0.2) is 32.0 Å². The van der Waals surface area contributed by atoms with Crippen molar-refractivity contribution >= 4 is 11.3 Å². The summed E-state index contributed by atoms with van der Waals surface area (Å²) in [6.07, 6.45) is 1.000. The number of hydrogen-bond donors (Lipinski definition) is 1. The second kappa shape index (κ2) is 4.11. The summed E-state index contributed by atoms with van der Waals surface area (Å²) >= 11 is 1.80. The van der Waals surface area contributed by atoms with Crippen molar-refractivity contribution in [2.24, 2.45) is 0 Å². The summed E-state index contributed by atoms with van der Waals surface area (Å²) in [6.45, 7) is 5.42. The first-order chi connectivity index (χ1) is 7.80. The lowest BCUT2D eigenvalue weighted by molar-refractivity contribution is -0.0988. The van der Waals surface area contributed by atoms with E-state index in [2.05, 4.69) is 23.7 Å². The van der Waals surface area contributed by atoms with E-state index < -0.39 is 0 Å². The Morgan fingerprint density at radius 1 is 1.50 bits per heavy atom. The monoisotopic (exact) mass is 239 g/mol. The van der Waals surface area contributed by atoms with Gasteiger partial charge in [-0.3, -0.25) is 0 Å². The largest absolute Gasteiger partial charge is 0.378 e. The average Bonchev–Trinajstić information content (AvgIpc) is 2.90. The van der Waals surface area contributed by atoms with Gasteiger partial charge in [0.25, 0.3) is 0 Å². The van der Waals surface area contributed by atoms with Crippen LogP contribution in [0.1, 0.15) is 22.9 Å². The molecule has 3 rings (SSSR count). The van der Waals surface area contributed by atoms with Gasteiger partial charge in [0.1, 0.15) is 5.60 Å². The number of rotatable bonds is 1. The lowest BCUT2D eigenvalue weighted by Gasteiger charge is -2.40. The third-order valence-electron chi connectivity index (χ3n) is 3.47. The van der Waals surface area contributed by atoms with Gasteiger partial charge in [-0.2, -0.15) is 0 Å². The van der Waals surface area contributed by atoms with Gasteiger partial charge in [-0.25, -0.2) is 0 Å². The summed E-state index contributed by atoms with van der Waals surface area (Å²) in [5.41, 5.74) is 1.24. The molecule has 0 amide bonds. The Bertz CT molecular complexity index is 371. The Morgan fingerprint density at radius 2 is 2.44 bits per heavy atom. The quantitative estimate of drug-likeness (QED) is 0.811. The highest BCUT2D eigenvalue weighted by atomic mass is 32.1. The minimum atomic E-state index is -0.119. The molecule has 1 spiro atoms. The third kappa shape index (κ3) is 1.70. The van der Waals surface area contributed by atoms with Crippen LogP contribution in [0.5, 0.6) is 0 Å². The lowest BCUT2D eigenvalue weighted by Crippen LogP contribution is -2.52. The van der Waals surface area contributed by atoms with Gasteiger partial charge in [0, 0.05) is 24.4 Å². The minimum absolute atomic E-state index is 0.119. The molecule has 88 valence electrons. The lowest BCUT2D eigenvalue weighted by atomic mass is 9.87. The van der Waals surface area contributed by atoms with Gasteiger partial charge in [0.15, 0.2) is 0 Å². The summed E-state index contributed by atoms with van der Waals surface area (Å²) in [5.74, 6) is 0. The maximum absolute atomic E-state index is 6.02. The van der Waals surface area contributed by atoms with E-state index in [1.165, 1.54) is 10.4 Å². The summed E-state index contributed by atoms with van der Waals surface area (Å²) in [6, 6.07) is 2.56. The molecule has 1 N–H and O–H groups in total. The molecule has 4 heteroatoms. The zero-order valence-electron chi connectivity index (χ0n) is 9.49. The molecule has 2 aliphatic rings. The predicted molar refractivity (Wildman–Crippen MR) is 63.9 cm³/mol. The van der Waals surface area contributed by atoms with Crippen LogP contribution in [0.3, 0.4) is 0 Å². The van der Waals surface area contributed by atoms with Crippen LogP contribution in [0.2, 0.25) is 0 Å². The molecule has 0 radical (unpaired) electrons. The smallest absolute Gasteiger partial charge is 0.113 e. The van der Waals surface area contributed by atoms with Crippen molar-refractivity contribution in [2.45, 2.75) is 25.0 Å². The molecule has 1 aromatic heterocycles. The summed E-state index contributed by atoms with van der Waals surface area (Å²) in [4.78, 5) is 1.36. The van der Waals surface area contributed by atoms with Crippen molar-refractivity contribution < 1.29 is 9.47 Å². The number of morpholine rings is 1. The molecule has 2 aliphatic heterocycles. The zero-order valence-corrected chi connectivity index (χ0v) is 10.3. The van der Waals surface area contributed by atoms with E-state index in [4.69, 9.17) is 9.47 Å². The number of hydrogen-bond acceptors (Lipinski definition) is 4. The molecule has 0 aromatic carbocycles. The van der Waals surface area contributed by atoms with E-state index in [-0.39, 0.29) is 5.60 Å². The first-order valence-corrected chi connectivity index (χ1v) is 6.68. The van der Waals surface area contributed by atoms with Crippen molar-refractivity contribution in [2.75, 3.05) is 26.4 Å². The number of aryl methyl sites for hydroxylation is 1. The van der Waals surface area contributed by atoms with E-state index in [1.807, 2.05) is 0 Å². The predicted octanol–water partition coefficient (Wildman–Crippen LogP) is 1.88. The fourth-order valence-corrected chi connectivity index (χ4v) is 3.40. The van der Waals surface area contributed by atoms with Crippen LogP contribution in [0.4, 0.5) is 0 Å². The Kier molecular flexibility index (Phi) is 2.75. The molecule has 2 unspecified atom stereocenters. The van der Waals surface area contributed by atoms with E-state index in [0.29, 0.717) is 6.04 Å². The summed E-state index contributed by atoms with van der Waals surface area (Å²) in [7, 11) is 0. The van der Waals surface area contributed by atoms with Crippen molar-refractivity contribution in [1.29, 1.82) is 0 Å². The maximum atomic E-state index is 6.02. The normalized spacial score (nSPS) is 34.7. The van der Waals surface area contributed by atoms with E-state index >= 15 is 0 Å². The molecule has 2 atom stereocenters. The molecule has 0 bridgehead atoms. The Balaban J connectivity index is 1.91. The highest BCUT2D eigenvalue weighted by Crippen LogP contribution is 2.39. The van der Waals surface area contributed by atoms with E-state index in [0.717, 1.165) is 32.8 Å². The number of nitrogens with one attached hydrogen (secondary N) is 1. The molecule has 0 aliphatic carbocycles. The molecule has 16 heavy (non-hydrogen) atoms. The van der Waals surface area contributed by atoms with Crippen molar-refractivity contribution in [3.05, 3.63) is 21.9 Å². The standard InChI is InChI=1S/C12H17NO2S/c1-9-6-10(7-16-9)11-12(2-4-14-8-12)15-5-3-13-11/h6-7,11,13H,2-5,8H2,1H3. The molecule has 0 saturated carbocycles. The van der Waals surface area contributed by atoms with E-state index in [9.17, 15) is 0 Å². The summed E-state index contributed by atoms with van der Waals surface area (Å²) in [5, 5.41) is 5.82. The highest BCUT2D eigenvalue weighted by molar-refractivity contribution is 7.10. The van der Waals surface area contributed by atoms with Gasteiger partial charge in [0.05, 0.1) is 19.3 Å². The van der Waals surface area contributed by atoms with Gasteiger partial charge in [-0.15, -0.1) is 11.3 Å². The first-order valence-electron chi connectivity index (χ1n) is 5.80. The average molecular weight is 239 g/mol. The highest BCUT2D eigenvalue weighted by Gasteiger charge is 2.46. The molecule has 2 fully saturated rings. The Hall–Kier alpha value is -0.420. The van der Waals surface area contributed by atoms with Crippen molar-refractivity contribution in [1.82, 2.24) is 5.32 Å². The van der Waals surface area contributed by atoms with E-state index in [1.54, 1.807) is 11.3 Å². The van der Waals surface area contributed by atoms with Gasteiger partial charge in [-0.1, -0.05) is 0 Å². The SMILES string of the molecule is Cc1cc(C2NCCOC23CCOC3)cs1. The second-order valence-corrected chi connectivity index (χ2v) is 5.71. The van der Waals surface area contributed by atoms with Crippen molar-refractivity contribution in [3.63, 3.8) is 0 Å². The molecule has 1 aromatic rings. The number of ether oxygens (including phenoxy) is 2. The Labute approximate surface area is 99.8 Å². The molecular formula is C12H17NO2S. The van der Waals surface area contributed by atoms with Gasteiger partial charge in [-0.05, 0) is 23.9 Å². The fourth-order valence-electron chi connectivity index (χ4n) is 2.67. The molecular weight excluding hydrogens is 222 g/mol. The van der Waals surface area contributed by atoms with Crippen LogP contribution >= 0.6 is 11.3 Å². The third-order valence-corrected chi connectivity index (χ3v) is 4.35. The van der Waals surface area contributed by atoms with Crippen LogP contribution in [0, 0.1) is 6.92 Å². The fraction of sp³-hybridized carbons (Fsp3) is 0.667. The van der Waals surface area contributed by atoms with Crippen LogP contribution in [0.25, 0.3) is 0 Å². The summed E-state index contributed by atoms with van der Waals surface area (Å²) < 4.78 is 11.6. The molecule has 3 nitrogen and oxygen atoms in total. The Morgan fingerprint density at radius 3 is 3.12 bits per heavy atom. The van der Waals surface area contributed by atoms with Crippen molar-refractivity contribution in [3.8, 4) is 0 Å². The maximum Gasteiger partial charge on any atom is 0.113 e. The zero-order chi connectivity index (χ0) is 11.0. The van der Waals surface area contributed by atoms with Gasteiger partial charge in [0.2, 0.25) is 0 Å². The van der Waals surface area contributed by atoms with Crippen LogP contribution < -0.4 is 5.32 Å². The van der Waals surface area contributed by atoms with Crippen LogP contribution in [0.15, 0.2) is 11.4 Å². The molecule has 2 saturated heterocycles.